The number of carbonyl (C=O) groups is 1. The molecule has 2 rings (SSSR count). The highest BCUT2D eigenvalue weighted by molar-refractivity contribution is 7.15. The minimum atomic E-state index is -0.411. The predicted molar refractivity (Wildman–Crippen MR) is 81.3 cm³/mol. The van der Waals surface area contributed by atoms with Gasteiger partial charge in [-0.25, -0.2) is 9.78 Å². The van der Waals surface area contributed by atoms with Crippen LogP contribution in [0.25, 0.3) is 10.4 Å². The Morgan fingerprint density at radius 3 is 2.57 bits per heavy atom. The van der Waals surface area contributed by atoms with Crippen molar-refractivity contribution in [3.05, 3.63) is 28.9 Å². The lowest BCUT2D eigenvalue weighted by atomic mass is 10.1. The summed E-state index contributed by atoms with van der Waals surface area (Å²) in [4.78, 5) is 17.0. The minimum absolute atomic E-state index is 0.320. The molecule has 0 aliphatic heterocycles. The number of hydrogen-bond donors (Lipinski definition) is 0. The lowest BCUT2D eigenvalue weighted by molar-refractivity contribution is 0.0521. The Morgan fingerprint density at radius 1 is 1.24 bits per heavy atom. The summed E-state index contributed by atoms with van der Waals surface area (Å²) in [6, 6.07) is 5.50. The van der Waals surface area contributed by atoms with E-state index in [1.54, 1.807) is 27.2 Å². The summed E-state index contributed by atoms with van der Waals surface area (Å²) in [5, 5.41) is 0.808. The maximum Gasteiger partial charge on any atom is 0.358 e. The second-order valence-corrected chi connectivity index (χ2v) is 5.40. The Labute approximate surface area is 127 Å². The predicted octanol–water partition coefficient (Wildman–Crippen LogP) is 3.31. The van der Waals surface area contributed by atoms with Crippen LogP contribution in [0, 0.1) is 6.92 Å². The molecule has 1 heterocycles. The Kier molecular flexibility index (Phi) is 4.80. The van der Waals surface area contributed by atoms with Crippen LogP contribution in [-0.4, -0.2) is 31.8 Å². The van der Waals surface area contributed by atoms with Crippen molar-refractivity contribution < 1.29 is 19.0 Å². The number of carbonyl (C=O) groups excluding carboxylic acids is 1. The number of rotatable bonds is 5. The third kappa shape index (κ3) is 3.16. The largest absolute Gasteiger partial charge is 0.493 e. The van der Waals surface area contributed by atoms with E-state index in [2.05, 4.69) is 4.98 Å². The monoisotopic (exact) mass is 307 g/mol. The maximum absolute atomic E-state index is 12.0. The van der Waals surface area contributed by atoms with Crippen molar-refractivity contribution >= 4 is 17.3 Å². The first-order chi connectivity index (χ1) is 10.1. The molecule has 0 N–H and O–H groups in total. The molecule has 0 bridgehead atoms. The highest BCUT2D eigenvalue weighted by atomic mass is 32.1. The zero-order valence-corrected chi connectivity index (χ0v) is 13.2. The fourth-order valence-corrected chi connectivity index (χ4v) is 2.84. The highest BCUT2D eigenvalue weighted by Gasteiger charge is 2.20. The number of esters is 1. The normalized spacial score (nSPS) is 10.3. The molecule has 112 valence electrons. The molecule has 1 aromatic carbocycles. The number of benzene rings is 1. The first-order valence-corrected chi connectivity index (χ1v) is 7.29. The highest BCUT2D eigenvalue weighted by Crippen LogP contribution is 2.36. The maximum atomic E-state index is 12.0. The van der Waals surface area contributed by atoms with Crippen molar-refractivity contribution in [2.24, 2.45) is 0 Å². The first-order valence-electron chi connectivity index (χ1n) is 6.47. The topological polar surface area (TPSA) is 57.7 Å². The lowest BCUT2D eigenvalue weighted by Crippen LogP contribution is -2.06. The molecule has 0 amide bonds. The molecule has 21 heavy (non-hydrogen) atoms. The second kappa shape index (κ2) is 6.58. The molecule has 0 aliphatic carbocycles. The summed E-state index contributed by atoms with van der Waals surface area (Å²) in [5.41, 5.74) is 1.19. The average molecular weight is 307 g/mol. The van der Waals surface area contributed by atoms with Crippen molar-refractivity contribution in [3.8, 4) is 21.9 Å². The molecule has 6 heteroatoms. The third-order valence-electron chi connectivity index (χ3n) is 2.85. The molecule has 0 radical (unpaired) electrons. The van der Waals surface area contributed by atoms with Crippen molar-refractivity contribution in [2.45, 2.75) is 13.8 Å². The molecule has 0 saturated carbocycles. The van der Waals surface area contributed by atoms with Gasteiger partial charge in [-0.3, -0.25) is 0 Å². The van der Waals surface area contributed by atoms with Gasteiger partial charge in [0.05, 0.1) is 30.7 Å². The quantitative estimate of drug-likeness (QED) is 0.793. The van der Waals surface area contributed by atoms with Crippen LogP contribution in [0.4, 0.5) is 0 Å². The second-order valence-electron chi connectivity index (χ2n) is 4.20. The Morgan fingerprint density at radius 2 is 1.95 bits per heavy atom. The van der Waals surface area contributed by atoms with Gasteiger partial charge >= 0.3 is 5.97 Å². The van der Waals surface area contributed by atoms with E-state index in [0.717, 1.165) is 15.4 Å². The molecule has 0 spiro atoms. The Balaban J connectivity index is 2.49. The van der Waals surface area contributed by atoms with E-state index < -0.39 is 5.97 Å². The van der Waals surface area contributed by atoms with Gasteiger partial charge < -0.3 is 14.2 Å². The number of nitrogens with zero attached hydrogens (tertiary/aromatic N) is 1. The van der Waals surface area contributed by atoms with Gasteiger partial charge in [-0.1, -0.05) is 0 Å². The molecule has 1 aromatic heterocycles. The van der Waals surface area contributed by atoms with Crippen molar-refractivity contribution in [3.63, 3.8) is 0 Å². The Hall–Kier alpha value is -2.08. The van der Waals surface area contributed by atoms with Crippen LogP contribution in [0.3, 0.4) is 0 Å². The molecule has 0 fully saturated rings. The molecular weight excluding hydrogens is 290 g/mol. The van der Waals surface area contributed by atoms with Gasteiger partial charge in [0.15, 0.2) is 17.2 Å². The number of ether oxygens (including phenoxy) is 3. The molecule has 2 aromatic rings. The number of thiazole rings is 1. The zero-order chi connectivity index (χ0) is 15.4. The molecule has 0 atom stereocenters. The van der Waals surface area contributed by atoms with E-state index in [9.17, 15) is 4.79 Å². The van der Waals surface area contributed by atoms with E-state index in [1.165, 1.54) is 11.3 Å². The van der Waals surface area contributed by atoms with Gasteiger partial charge in [-0.15, -0.1) is 11.3 Å². The first kappa shape index (κ1) is 15.3. The van der Waals surface area contributed by atoms with E-state index in [-0.39, 0.29) is 0 Å². The van der Waals surface area contributed by atoms with Crippen LogP contribution in [0.15, 0.2) is 18.2 Å². The average Bonchev–Trinajstić information content (AvgIpc) is 2.88. The van der Waals surface area contributed by atoms with Gasteiger partial charge in [0.1, 0.15) is 0 Å². The van der Waals surface area contributed by atoms with Crippen molar-refractivity contribution in [1.29, 1.82) is 0 Å². The van der Waals surface area contributed by atoms with E-state index in [4.69, 9.17) is 14.2 Å². The summed E-state index contributed by atoms with van der Waals surface area (Å²) < 4.78 is 15.6. The van der Waals surface area contributed by atoms with Crippen molar-refractivity contribution in [1.82, 2.24) is 4.98 Å². The van der Waals surface area contributed by atoms with Gasteiger partial charge in [0, 0.05) is 0 Å². The van der Waals surface area contributed by atoms with Crippen LogP contribution in [0.2, 0.25) is 0 Å². The van der Waals surface area contributed by atoms with Gasteiger partial charge in [0.25, 0.3) is 0 Å². The molecule has 5 nitrogen and oxygen atoms in total. The number of hydrogen-bond acceptors (Lipinski definition) is 6. The van der Waals surface area contributed by atoms with E-state index in [1.807, 2.05) is 19.1 Å². The van der Waals surface area contributed by atoms with Crippen LogP contribution >= 0.6 is 11.3 Å². The molecule has 0 unspecified atom stereocenters. The fraction of sp³-hybridized carbons (Fsp3) is 0.333. The van der Waals surface area contributed by atoms with Gasteiger partial charge in [-0.2, -0.15) is 0 Å². The van der Waals surface area contributed by atoms with Crippen LogP contribution in [-0.2, 0) is 4.74 Å². The number of aryl methyl sites for hydroxylation is 1. The summed E-state index contributed by atoms with van der Waals surface area (Å²) >= 11 is 1.45. The standard InChI is InChI=1S/C15H17NO4S/c1-5-20-15(17)13-14(21-9(2)16-13)10-6-7-11(18-3)12(8-10)19-4/h6-8H,5H2,1-4H3. The van der Waals surface area contributed by atoms with E-state index in [0.29, 0.717) is 23.8 Å². The number of methoxy groups -OCH3 is 2. The minimum Gasteiger partial charge on any atom is -0.493 e. The SMILES string of the molecule is CCOC(=O)c1nc(C)sc1-c1ccc(OC)c(OC)c1. The van der Waals surface area contributed by atoms with Gasteiger partial charge in [0.2, 0.25) is 0 Å². The smallest absolute Gasteiger partial charge is 0.358 e. The lowest BCUT2D eigenvalue weighted by Gasteiger charge is -2.09. The molecule has 0 aliphatic rings. The number of aromatic nitrogens is 1. The van der Waals surface area contributed by atoms with Crippen LogP contribution < -0.4 is 9.47 Å². The fourth-order valence-electron chi connectivity index (χ4n) is 1.94. The summed E-state index contributed by atoms with van der Waals surface area (Å²) in [5.74, 6) is 0.836. The Bertz CT molecular complexity index is 651. The zero-order valence-electron chi connectivity index (χ0n) is 12.4. The molecular formula is C15H17NO4S. The van der Waals surface area contributed by atoms with Gasteiger partial charge in [-0.05, 0) is 37.6 Å². The summed E-state index contributed by atoms with van der Waals surface area (Å²) in [6.07, 6.45) is 0. The van der Waals surface area contributed by atoms with E-state index >= 15 is 0 Å². The van der Waals surface area contributed by atoms with Crippen LogP contribution in [0.5, 0.6) is 11.5 Å². The van der Waals surface area contributed by atoms with Crippen molar-refractivity contribution in [2.75, 3.05) is 20.8 Å². The van der Waals surface area contributed by atoms with Crippen LogP contribution in [0.1, 0.15) is 22.4 Å². The summed E-state index contributed by atoms with van der Waals surface area (Å²) in [6.45, 7) is 3.95. The third-order valence-corrected chi connectivity index (χ3v) is 3.87. The molecule has 0 saturated heterocycles. The summed E-state index contributed by atoms with van der Waals surface area (Å²) in [7, 11) is 3.16.